The lowest BCUT2D eigenvalue weighted by Gasteiger charge is -2.37. The minimum absolute atomic E-state index is 0.787. The molecule has 2 fully saturated rings. The monoisotopic (exact) mass is 244 g/mol. The van der Waals surface area contributed by atoms with Crippen molar-refractivity contribution >= 4 is 0 Å². The van der Waals surface area contributed by atoms with Gasteiger partial charge in [0, 0.05) is 31.7 Å². The highest BCUT2D eigenvalue weighted by Gasteiger charge is 2.31. The van der Waals surface area contributed by atoms with Crippen LogP contribution < -0.4 is 0 Å². The lowest BCUT2D eigenvalue weighted by molar-refractivity contribution is 0.115. The van der Waals surface area contributed by atoms with E-state index in [9.17, 15) is 0 Å². The lowest BCUT2D eigenvalue weighted by Crippen LogP contribution is -2.45. The van der Waals surface area contributed by atoms with Crippen molar-refractivity contribution in [3.63, 3.8) is 0 Å². The second-order valence-electron chi connectivity index (χ2n) is 5.91. The molecule has 0 aliphatic carbocycles. The van der Waals surface area contributed by atoms with Crippen LogP contribution in [-0.2, 0) is 6.54 Å². The molecule has 98 valence electrons. The Hall–Kier alpha value is -0.860. The van der Waals surface area contributed by atoms with Gasteiger partial charge in [-0.2, -0.15) is 0 Å². The molecule has 2 aliphatic rings. The summed E-state index contributed by atoms with van der Waals surface area (Å²) >= 11 is 0. The van der Waals surface area contributed by atoms with Gasteiger partial charge in [-0.25, -0.2) is 0 Å². The van der Waals surface area contributed by atoms with Gasteiger partial charge in [0.2, 0.25) is 0 Å². The number of piperidine rings is 1. The highest BCUT2D eigenvalue weighted by Crippen LogP contribution is 2.27. The molecule has 2 nitrogen and oxygen atoms in total. The fourth-order valence-electron chi connectivity index (χ4n) is 3.57. The van der Waals surface area contributed by atoms with Crippen LogP contribution in [0.2, 0.25) is 0 Å². The van der Waals surface area contributed by atoms with Crippen molar-refractivity contribution in [3.05, 3.63) is 35.9 Å². The Balaban J connectivity index is 1.67. The Bertz CT molecular complexity index is 376. The van der Waals surface area contributed by atoms with Gasteiger partial charge >= 0.3 is 0 Å². The van der Waals surface area contributed by atoms with Crippen LogP contribution in [-0.4, -0.2) is 42.0 Å². The third-order valence-corrected chi connectivity index (χ3v) is 4.72. The molecule has 3 rings (SSSR count). The lowest BCUT2D eigenvalue weighted by atomic mass is 9.96. The van der Waals surface area contributed by atoms with Crippen molar-refractivity contribution in [2.24, 2.45) is 0 Å². The second kappa shape index (κ2) is 5.41. The molecule has 1 aromatic carbocycles. The van der Waals surface area contributed by atoms with Gasteiger partial charge in [-0.05, 0) is 31.9 Å². The molecule has 0 spiro atoms. The average molecular weight is 244 g/mol. The predicted octanol–water partition coefficient (Wildman–Crippen LogP) is 2.75. The number of benzene rings is 1. The Kier molecular flexibility index (Phi) is 3.67. The van der Waals surface area contributed by atoms with Gasteiger partial charge in [0.25, 0.3) is 0 Å². The molecule has 2 atom stereocenters. The van der Waals surface area contributed by atoms with Gasteiger partial charge in [0.05, 0.1) is 0 Å². The van der Waals surface area contributed by atoms with E-state index in [4.69, 9.17) is 0 Å². The predicted molar refractivity (Wildman–Crippen MR) is 75.5 cm³/mol. The fraction of sp³-hybridized carbons (Fsp3) is 0.625. The molecule has 18 heavy (non-hydrogen) atoms. The van der Waals surface area contributed by atoms with Crippen LogP contribution in [0.1, 0.15) is 31.2 Å². The molecular weight excluding hydrogens is 220 g/mol. The van der Waals surface area contributed by atoms with E-state index in [0.717, 1.165) is 18.6 Å². The first-order valence-corrected chi connectivity index (χ1v) is 7.31. The molecule has 0 aromatic heterocycles. The van der Waals surface area contributed by atoms with E-state index in [2.05, 4.69) is 47.2 Å². The number of hydrogen-bond acceptors (Lipinski definition) is 2. The van der Waals surface area contributed by atoms with Crippen molar-refractivity contribution in [1.82, 2.24) is 9.80 Å². The highest BCUT2D eigenvalue weighted by atomic mass is 15.3. The van der Waals surface area contributed by atoms with Crippen molar-refractivity contribution < 1.29 is 0 Å². The largest absolute Gasteiger partial charge is 0.299 e. The summed E-state index contributed by atoms with van der Waals surface area (Å²) in [5, 5.41) is 0. The SMILES string of the molecule is CN1C2CCCC1CN(Cc1ccccc1)CC2. The van der Waals surface area contributed by atoms with Gasteiger partial charge in [-0.15, -0.1) is 0 Å². The van der Waals surface area contributed by atoms with Gasteiger partial charge in [-0.1, -0.05) is 36.8 Å². The number of fused-ring (bicyclic) bond motifs is 2. The van der Waals surface area contributed by atoms with Crippen molar-refractivity contribution in [1.29, 1.82) is 0 Å². The van der Waals surface area contributed by atoms with Gasteiger partial charge < -0.3 is 0 Å². The molecule has 2 heteroatoms. The zero-order valence-corrected chi connectivity index (χ0v) is 11.4. The Morgan fingerprint density at radius 2 is 1.83 bits per heavy atom. The summed E-state index contributed by atoms with van der Waals surface area (Å²) in [4.78, 5) is 5.30. The van der Waals surface area contributed by atoms with E-state index in [-0.39, 0.29) is 0 Å². The molecule has 2 unspecified atom stereocenters. The van der Waals surface area contributed by atoms with E-state index in [1.54, 1.807) is 0 Å². The smallest absolute Gasteiger partial charge is 0.0234 e. The minimum atomic E-state index is 0.787. The summed E-state index contributed by atoms with van der Waals surface area (Å²) in [5.41, 5.74) is 1.46. The van der Waals surface area contributed by atoms with Crippen LogP contribution in [0.25, 0.3) is 0 Å². The minimum Gasteiger partial charge on any atom is -0.299 e. The first-order valence-electron chi connectivity index (χ1n) is 7.31. The average Bonchev–Trinajstić information content (AvgIpc) is 2.49. The molecule has 2 bridgehead atoms. The van der Waals surface area contributed by atoms with Gasteiger partial charge in [0.15, 0.2) is 0 Å². The Labute approximate surface area is 111 Å². The van der Waals surface area contributed by atoms with E-state index in [1.165, 1.54) is 44.3 Å². The Morgan fingerprint density at radius 3 is 2.67 bits per heavy atom. The van der Waals surface area contributed by atoms with E-state index < -0.39 is 0 Å². The summed E-state index contributed by atoms with van der Waals surface area (Å²) in [6.45, 7) is 3.64. The zero-order chi connectivity index (χ0) is 12.4. The molecule has 2 aliphatic heterocycles. The van der Waals surface area contributed by atoms with Crippen molar-refractivity contribution in [2.45, 2.75) is 44.3 Å². The zero-order valence-electron chi connectivity index (χ0n) is 11.4. The number of rotatable bonds is 2. The normalized spacial score (nSPS) is 30.1. The highest BCUT2D eigenvalue weighted by molar-refractivity contribution is 5.14. The summed E-state index contributed by atoms with van der Waals surface area (Å²) in [6, 6.07) is 12.5. The fourth-order valence-corrected chi connectivity index (χ4v) is 3.57. The molecule has 2 saturated heterocycles. The molecule has 0 amide bonds. The summed E-state index contributed by atoms with van der Waals surface area (Å²) < 4.78 is 0. The number of hydrogen-bond donors (Lipinski definition) is 0. The standard InChI is InChI=1S/C16H24N2/c1-17-15-8-5-9-16(17)13-18(11-10-15)12-14-6-3-2-4-7-14/h2-4,6-7,15-16H,5,8-13H2,1H3. The van der Waals surface area contributed by atoms with Crippen molar-refractivity contribution in [2.75, 3.05) is 20.1 Å². The second-order valence-corrected chi connectivity index (χ2v) is 5.91. The first-order chi connectivity index (χ1) is 8.83. The molecular formula is C16H24N2. The summed E-state index contributed by atoms with van der Waals surface area (Å²) in [5.74, 6) is 0. The number of likely N-dealkylation sites (N-methyl/N-ethyl adjacent to an activating group) is 1. The maximum Gasteiger partial charge on any atom is 0.0234 e. The van der Waals surface area contributed by atoms with Gasteiger partial charge in [-0.3, -0.25) is 9.80 Å². The quantitative estimate of drug-likeness (QED) is 0.789. The van der Waals surface area contributed by atoms with E-state index >= 15 is 0 Å². The van der Waals surface area contributed by atoms with Crippen molar-refractivity contribution in [3.8, 4) is 0 Å². The van der Waals surface area contributed by atoms with Crippen LogP contribution in [0.15, 0.2) is 30.3 Å². The van der Waals surface area contributed by atoms with Crippen LogP contribution >= 0.6 is 0 Å². The van der Waals surface area contributed by atoms with Crippen LogP contribution in [0.3, 0.4) is 0 Å². The van der Waals surface area contributed by atoms with E-state index in [0.29, 0.717) is 0 Å². The Morgan fingerprint density at radius 1 is 1.06 bits per heavy atom. The maximum atomic E-state index is 2.65. The third kappa shape index (κ3) is 2.60. The first kappa shape index (κ1) is 12.2. The summed E-state index contributed by atoms with van der Waals surface area (Å²) in [7, 11) is 2.33. The third-order valence-electron chi connectivity index (χ3n) is 4.72. The maximum absolute atomic E-state index is 2.65. The van der Waals surface area contributed by atoms with Crippen LogP contribution in [0, 0.1) is 0 Å². The topological polar surface area (TPSA) is 6.48 Å². The van der Waals surface area contributed by atoms with E-state index in [1.807, 2.05) is 0 Å². The summed E-state index contributed by atoms with van der Waals surface area (Å²) in [6.07, 6.45) is 5.57. The molecule has 0 saturated carbocycles. The molecule has 1 aromatic rings. The van der Waals surface area contributed by atoms with Gasteiger partial charge in [0.1, 0.15) is 0 Å². The molecule has 2 heterocycles. The molecule has 0 radical (unpaired) electrons. The number of nitrogens with zero attached hydrogens (tertiary/aromatic N) is 2. The van der Waals surface area contributed by atoms with Crippen LogP contribution in [0.5, 0.6) is 0 Å². The van der Waals surface area contributed by atoms with Crippen LogP contribution in [0.4, 0.5) is 0 Å². The molecule has 0 N–H and O–H groups in total.